The zero-order chi connectivity index (χ0) is 23.1. The van der Waals surface area contributed by atoms with Crippen molar-refractivity contribution in [2.24, 2.45) is 22.9 Å². The molecule has 0 aliphatic carbocycles. The van der Waals surface area contributed by atoms with Gasteiger partial charge in [0.05, 0.1) is 35.3 Å². The molecule has 170 valence electrons. The van der Waals surface area contributed by atoms with E-state index < -0.39 is 49.8 Å². The Balaban J connectivity index is 0.00000144. The topological polar surface area (TPSA) is 141 Å². The van der Waals surface area contributed by atoms with Crippen LogP contribution in [0.4, 0.5) is 5.69 Å². The quantitative estimate of drug-likeness (QED) is 0.215. The van der Waals surface area contributed by atoms with Gasteiger partial charge in [0, 0.05) is 5.02 Å². The summed E-state index contributed by atoms with van der Waals surface area (Å²) in [6, 6.07) is 12.2. The normalized spacial score (nSPS) is 30.1. The number of fused-ring (bicyclic) bond motifs is 8. The van der Waals surface area contributed by atoms with Crippen LogP contribution in [0.3, 0.4) is 0 Å². The van der Waals surface area contributed by atoms with Crippen LogP contribution in [0.15, 0.2) is 53.7 Å². The van der Waals surface area contributed by atoms with Crippen LogP contribution in [0, 0.1) is 17.8 Å². The van der Waals surface area contributed by atoms with Crippen LogP contribution in [0.2, 0.25) is 5.02 Å². The Morgan fingerprint density at radius 2 is 1.49 bits per heavy atom. The molecule has 35 heavy (non-hydrogen) atoms. The zero-order valence-electron chi connectivity index (χ0n) is 18.6. The van der Waals surface area contributed by atoms with Crippen LogP contribution in [0.25, 0.3) is 0 Å². The Kier molecular flexibility index (Phi) is 7.68. The fourth-order valence-corrected chi connectivity index (χ4v) is 5.76. The van der Waals surface area contributed by atoms with Gasteiger partial charge in [0.15, 0.2) is 6.10 Å². The van der Waals surface area contributed by atoms with Gasteiger partial charge in [0.25, 0.3) is 0 Å². The van der Waals surface area contributed by atoms with Gasteiger partial charge in [-0.3, -0.25) is 9.59 Å². The largest absolute Gasteiger partial charge is 1.00 e. The second-order valence-corrected chi connectivity index (χ2v) is 9.75. The van der Waals surface area contributed by atoms with Crippen LogP contribution >= 0.6 is 19.4 Å². The standard InChI is InChI=1S/C21H16ClN2O8P.2Na/c22-10-3-1-9(2-4-10)16-15-17-13-14(18(30-17)19(15)31-23-16)21(26)24(20(13)25)11-5-7-12(8-6-11)32-33(27,28)29;;/h1-8,13-15,17-19H,(H2,27,28,29);;/q;2*+1/p-2. The van der Waals surface area contributed by atoms with E-state index >= 15 is 0 Å². The van der Waals surface area contributed by atoms with Crippen molar-refractivity contribution in [3.63, 3.8) is 0 Å². The first-order valence-corrected chi connectivity index (χ1v) is 11.9. The number of phosphoric acid groups is 1. The van der Waals surface area contributed by atoms with E-state index in [1.807, 2.05) is 12.1 Å². The van der Waals surface area contributed by atoms with E-state index in [0.29, 0.717) is 10.7 Å². The smallest absolute Gasteiger partial charge is 0.780 e. The number of halogens is 1. The van der Waals surface area contributed by atoms with Gasteiger partial charge in [-0.2, -0.15) is 0 Å². The molecule has 2 aromatic carbocycles. The van der Waals surface area contributed by atoms with E-state index in [1.54, 1.807) is 12.1 Å². The fraction of sp³-hybridized carbons (Fsp3) is 0.286. The maximum Gasteiger partial charge on any atom is 1.00 e. The van der Waals surface area contributed by atoms with Crippen molar-refractivity contribution in [1.29, 1.82) is 0 Å². The molecular weight excluding hydrogens is 521 g/mol. The molecule has 2 bridgehead atoms. The number of carbonyl (C=O) groups is 2. The molecule has 3 fully saturated rings. The summed E-state index contributed by atoms with van der Waals surface area (Å²) in [5.41, 5.74) is 1.70. The van der Waals surface area contributed by atoms with Gasteiger partial charge in [-0.1, -0.05) is 28.9 Å². The molecule has 0 radical (unpaired) electrons. The molecule has 0 saturated carbocycles. The second-order valence-electron chi connectivity index (χ2n) is 8.24. The minimum atomic E-state index is -5.22. The fourth-order valence-electron chi connectivity index (χ4n) is 5.26. The monoisotopic (exact) mass is 534 g/mol. The number of rotatable bonds is 4. The van der Waals surface area contributed by atoms with Crippen molar-refractivity contribution >= 4 is 42.6 Å². The number of hydrogen-bond donors (Lipinski definition) is 0. The molecular formula is C21H14ClN2Na2O8P. The van der Waals surface area contributed by atoms with Gasteiger partial charge in [-0.05, 0) is 42.0 Å². The van der Waals surface area contributed by atoms with E-state index in [4.69, 9.17) is 21.2 Å². The maximum absolute atomic E-state index is 13.3. The summed E-state index contributed by atoms with van der Waals surface area (Å²) in [5.74, 6) is -2.74. The Labute approximate surface area is 248 Å². The number of hydrogen-bond acceptors (Lipinski definition) is 9. The van der Waals surface area contributed by atoms with Crippen LogP contribution in [-0.4, -0.2) is 35.8 Å². The van der Waals surface area contributed by atoms with Crippen molar-refractivity contribution < 1.29 is 97.2 Å². The molecule has 6 unspecified atom stereocenters. The molecule has 0 N–H and O–H groups in total. The number of anilines is 1. The van der Waals surface area contributed by atoms with Crippen LogP contribution in [0.5, 0.6) is 5.75 Å². The summed E-state index contributed by atoms with van der Waals surface area (Å²) >= 11 is 5.98. The van der Waals surface area contributed by atoms with Gasteiger partial charge in [-0.25, -0.2) is 4.90 Å². The summed E-state index contributed by atoms with van der Waals surface area (Å²) in [5, 5.41) is 4.80. The SMILES string of the molecule is O=C1C2C3OC(C4C(c5ccc(Cl)cc5)=NOC34)C2C(=O)N1c1ccc(OP(=O)([O-])[O-])cc1.[Na+].[Na+]. The van der Waals surface area contributed by atoms with Gasteiger partial charge in [0.2, 0.25) is 11.8 Å². The number of ether oxygens (including phenoxy) is 1. The van der Waals surface area contributed by atoms with Crippen molar-refractivity contribution in [3.05, 3.63) is 59.1 Å². The summed E-state index contributed by atoms with van der Waals surface area (Å²) < 4.78 is 21.1. The van der Waals surface area contributed by atoms with Gasteiger partial charge in [-0.15, -0.1) is 0 Å². The van der Waals surface area contributed by atoms with Crippen LogP contribution < -0.4 is 78.3 Å². The molecule has 0 spiro atoms. The van der Waals surface area contributed by atoms with E-state index in [1.165, 1.54) is 24.3 Å². The number of oxime groups is 1. The summed E-state index contributed by atoms with van der Waals surface area (Å²) in [6.45, 7) is 0. The second kappa shape index (κ2) is 9.85. The van der Waals surface area contributed by atoms with Crippen molar-refractivity contribution in [3.8, 4) is 5.75 Å². The molecule has 4 heterocycles. The van der Waals surface area contributed by atoms with Gasteiger partial charge < -0.3 is 28.5 Å². The number of carbonyl (C=O) groups excluding carboxylic acids is 2. The Hall–Kier alpha value is -0.750. The Morgan fingerprint density at radius 1 is 0.886 bits per heavy atom. The molecule has 2 aromatic rings. The van der Waals surface area contributed by atoms with E-state index in [-0.39, 0.29) is 76.5 Å². The van der Waals surface area contributed by atoms with Gasteiger partial charge >= 0.3 is 59.1 Å². The summed E-state index contributed by atoms with van der Waals surface area (Å²) in [4.78, 5) is 54.8. The molecule has 2 amide bonds. The third-order valence-electron chi connectivity index (χ3n) is 6.49. The van der Waals surface area contributed by atoms with Crippen molar-refractivity contribution in [1.82, 2.24) is 0 Å². The molecule has 14 heteroatoms. The number of phosphoric ester groups is 1. The van der Waals surface area contributed by atoms with Crippen LogP contribution in [0.1, 0.15) is 5.56 Å². The summed E-state index contributed by atoms with van der Waals surface area (Å²) in [7, 11) is -5.22. The molecule has 10 nitrogen and oxygen atoms in total. The first-order chi connectivity index (χ1) is 15.7. The predicted octanol–water partition coefficient (Wildman–Crippen LogP) is -5.14. The van der Waals surface area contributed by atoms with E-state index in [0.717, 1.165) is 10.5 Å². The number of amides is 2. The minimum absolute atomic E-state index is 0. The van der Waals surface area contributed by atoms with Crippen molar-refractivity contribution in [2.45, 2.75) is 18.3 Å². The molecule has 4 aliphatic rings. The first-order valence-electron chi connectivity index (χ1n) is 10.1. The average Bonchev–Trinajstić information content (AvgIpc) is 3.49. The average molecular weight is 535 g/mol. The maximum atomic E-state index is 13.3. The number of imide groups is 1. The first kappa shape index (κ1) is 27.3. The van der Waals surface area contributed by atoms with E-state index in [9.17, 15) is 23.9 Å². The molecule has 4 aliphatic heterocycles. The predicted molar refractivity (Wildman–Crippen MR) is 109 cm³/mol. The molecule has 3 saturated heterocycles. The molecule has 6 atom stereocenters. The molecule has 6 rings (SSSR count). The Morgan fingerprint density at radius 3 is 2.09 bits per heavy atom. The van der Waals surface area contributed by atoms with E-state index in [2.05, 4.69) is 9.68 Å². The summed E-state index contributed by atoms with van der Waals surface area (Å²) in [6.07, 6.45) is -1.66. The Bertz CT molecular complexity index is 1250. The molecule has 0 aromatic heterocycles. The number of benzene rings is 2. The minimum Gasteiger partial charge on any atom is -0.780 e. The van der Waals surface area contributed by atoms with Crippen LogP contribution in [-0.2, 0) is 23.7 Å². The third kappa shape index (κ3) is 4.47. The third-order valence-corrected chi connectivity index (χ3v) is 7.18. The van der Waals surface area contributed by atoms with Gasteiger partial charge in [0.1, 0.15) is 19.7 Å². The number of nitrogens with zero attached hydrogens (tertiary/aromatic N) is 2. The zero-order valence-corrected chi connectivity index (χ0v) is 24.2. The van der Waals surface area contributed by atoms with Crippen molar-refractivity contribution in [2.75, 3.05) is 4.90 Å².